The van der Waals surface area contributed by atoms with Crippen molar-refractivity contribution in [3.63, 3.8) is 0 Å². The highest BCUT2D eigenvalue weighted by Gasteiger charge is 2.31. The minimum atomic E-state index is -0.200. The molecule has 1 saturated carbocycles. The summed E-state index contributed by atoms with van der Waals surface area (Å²) in [6.45, 7) is 8.60. The molecule has 42 heavy (non-hydrogen) atoms. The second kappa shape index (κ2) is 12.1. The highest BCUT2D eigenvalue weighted by Crippen LogP contribution is 2.34. The molecule has 0 radical (unpaired) electrons. The van der Waals surface area contributed by atoms with E-state index in [1.165, 1.54) is 12.5 Å². The molecule has 3 fully saturated rings. The van der Waals surface area contributed by atoms with Crippen LogP contribution in [0.25, 0.3) is 11.2 Å². The lowest BCUT2D eigenvalue weighted by molar-refractivity contribution is -0.125. The second-order valence-corrected chi connectivity index (χ2v) is 11.6. The van der Waals surface area contributed by atoms with Gasteiger partial charge in [0, 0.05) is 56.9 Å². The highest BCUT2D eigenvalue weighted by molar-refractivity contribution is 5.87. The van der Waals surface area contributed by atoms with Crippen molar-refractivity contribution in [2.24, 2.45) is 0 Å². The maximum atomic E-state index is 14.1. The van der Waals surface area contributed by atoms with Crippen LogP contribution in [0.1, 0.15) is 56.2 Å². The largest absolute Gasteiger partial charge is 0.494 e. The summed E-state index contributed by atoms with van der Waals surface area (Å²) >= 11 is 0. The van der Waals surface area contributed by atoms with E-state index in [1.54, 1.807) is 22.8 Å². The summed E-state index contributed by atoms with van der Waals surface area (Å²) in [6.07, 6.45) is 9.01. The molecule has 11 nitrogen and oxygen atoms in total. The number of likely N-dealkylation sites (N-methyl/N-ethyl adjacent to an activating group) is 1. The quantitative estimate of drug-likeness (QED) is 0.424. The van der Waals surface area contributed by atoms with Gasteiger partial charge in [0.1, 0.15) is 17.0 Å². The number of nitrogens with zero attached hydrogens (tertiary/aromatic N) is 7. The fraction of sp³-hybridized carbons (Fsp3) is 0.516. The number of rotatable bonds is 7. The van der Waals surface area contributed by atoms with Gasteiger partial charge in [-0.15, -0.1) is 0 Å². The Hall–Kier alpha value is -3.99. The van der Waals surface area contributed by atoms with Crippen molar-refractivity contribution in [3.8, 4) is 5.75 Å². The van der Waals surface area contributed by atoms with Gasteiger partial charge < -0.3 is 24.8 Å². The molecule has 1 aliphatic carbocycles. The fourth-order valence-corrected chi connectivity index (χ4v) is 6.51. The molecule has 2 saturated heterocycles. The molecule has 3 aliphatic rings. The van der Waals surface area contributed by atoms with Crippen LogP contribution in [-0.2, 0) is 4.79 Å². The normalized spacial score (nSPS) is 20.2. The third-order valence-electron chi connectivity index (χ3n) is 8.96. The number of amides is 1. The zero-order valence-corrected chi connectivity index (χ0v) is 24.6. The van der Waals surface area contributed by atoms with Crippen LogP contribution in [0.3, 0.4) is 0 Å². The van der Waals surface area contributed by atoms with Crippen LogP contribution in [-0.4, -0.2) is 88.7 Å². The topological polar surface area (TPSA) is 109 Å². The Balaban J connectivity index is 1.35. The molecule has 2 aliphatic heterocycles. The molecule has 1 unspecified atom stereocenters. The first kappa shape index (κ1) is 28.1. The summed E-state index contributed by atoms with van der Waals surface area (Å²) in [4.78, 5) is 47.1. The molecule has 0 bridgehead atoms. The van der Waals surface area contributed by atoms with Crippen molar-refractivity contribution < 1.29 is 9.53 Å². The van der Waals surface area contributed by atoms with Gasteiger partial charge in [-0.25, -0.2) is 9.97 Å². The lowest BCUT2D eigenvalue weighted by atomic mass is 9.87. The van der Waals surface area contributed by atoms with Gasteiger partial charge in [0.15, 0.2) is 5.65 Å². The summed E-state index contributed by atoms with van der Waals surface area (Å²) in [7, 11) is 3.80. The maximum absolute atomic E-state index is 14.1. The Morgan fingerprint density at radius 1 is 1.07 bits per heavy atom. The summed E-state index contributed by atoms with van der Waals surface area (Å²) in [6, 6.07) is 5.89. The minimum Gasteiger partial charge on any atom is -0.494 e. The van der Waals surface area contributed by atoms with Crippen molar-refractivity contribution in [2.45, 2.75) is 50.5 Å². The number of carbonyl (C=O) groups is 1. The van der Waals surface area contributed by atoms with Crippen LogP contribution in [0.4, 0.5) is 17.3 Å². The van der Waals surface area contributed by atoms with E-state index in [4.69, 9.17) is 14.7 Å². The van der Waals surface area contributed by atoms with E-state index in [1.807, 2.05) is 12.1 Å². The third kappa shape index (κ3) is 5.57. The molecule has 0 spiro atoms. The molecule has 1 amide bonds. The maximum Gasteiger partial charge on any atom is 0.274 e. The van der Waals surface area contributed by atoms with E-state index in [0.29, 0.717) is 48.1 Å². The van der Waals surface area contributed by atoms with E-state index >= 15 is 0 Å². The zero-order chi connectivity index (χ0) is 29.2. The number of aromatic nitrogens is 4. The second-order valence-electron chi connectivity index (χ2n) is 11.6. The zero-order valence-electron chi connectivity index (χ0n) is 24.6. The number of likely N-dealkylation sites (tertiary alicyclic amines) is 1. The number of nitrogens with one attached hydrogen (secondary N) is 1. The number of hydrogen-bond acceptors (Lipinski definition) is 9. The molecule has 222 valence electrons. The van der Waals surface area contributed by atoms with Gasteiger partial charge in [-0.2, -0.15) is 4.98 Å². The van der Waals surface area contributed by atoms with Gasteiger partial charge in [-0.1, -0.05) is 25.8 Å². The average molecular weight is 573 g/mol. The molecule has 2 aromatic heterocycles. The molecule has 6 rings (SSSR count). The average Bonchev–Trinajstić information content (AvgIpc) is 3.51. The monoisotopic (exact) mass is 572 g/mol. The number of benzene rings is 1. The Kier molecular flexibility index (Phi) is 8.10. The molecule has 3 aromatic rings. The number of ether oxygens (including phenoxy) is 1. The van der Waals surface area contributed by atoms with Gasteiger partial charge in [0.2, 0.25) is 11.9 Å². The van der Waals surface area contributed by atoms with Crippen LogP contribution < -0.4 is 20.5 Å². The van der Waals surface area contributed by atoms with E-state index in [-0.39, 0.29) is 23.4 Å². The van der Waals surface area contributed by atoms with Crippen LogP contribution in [0.15, 0.2) is 41.8 Å². The number of fused-ring (bicyclic) bond motifs is 1. The van der Waals surface area contributed by atoms with Crippen molar-refractivity contribution in [3.05, 3.63) is 53.1 Å². The number of carbonyl (C=O) groups excluding carboxylic acids is 1. The highest BCUT2D eigenvalue weighted by atomic mass is 16.5. The predicted molar refractivity (Wildman–Crippen MR) is 164 cm³/mol. The van der Waals surface area contributed by atoms with Gasteiger partial charge in [-0.05, 0) is 44.5 Å². The molecule has 11 heteroatoms. The summed E-state index contributed by atoms with van der Waals surface area (Å²) < 4.78 is 7.51. The first-order chi connectivity index (χ1) is 20.4. The van der Waals surface area contributed by atoms with E-state index in [2.05, 4.69) is 39.8 Å². The van der Waals surface area contributed by atoms with Crippen molar-refractivity contribution in [2.75, 3.05) is 63.6 Å². The number of piperazine rings is 1. The van der Waals surface area contributed by atoms with Gasteiger partial charge in [-0.3, -0.25) is 14.2 Å². The van der Waals surface area contributed by atoms with Gasteiger partial charge in [0.05, 0.1) is 25.0 Å². The van der Waals surface area contributed by atoms with Crippen molar-refractivity contribution in [1.29, 1.82) is 0 Å². The smallest absolute Gasteiger partial charge is 0.274 e. The van der Waals surface area contributed by atoms with Crippen molar-refractivity contribution >= 4 is 34.4 Å². The summed E-state index contributed by atoms with van der Waals surface area (Å²) in [5.41, 5.74) is 3.40. The molecule has 1 atom stereocenters. The molecular formula is C31H40N8O3. The van der Waals surface area contributed by atoms with E-state index in [9.17, 15) is 9.59 Å². The van der Waals surface area contributed by atoms with Crippen LogP contribution in [0.2, 0.25) is 0 Å². The molecule has 1 N–H and O–H groups in total. The molecule has 1 aromatic carbocycles. The van der Waals surface area contributed by atoms with Crippen LogP contribution in [0, 0.1) is 0 Å². The number of methoxy groups -OCH3 is 1. The molecular weight excluding hydrogens is 532 g/mol. The Morgan fingerprint density at radius 3 is 2.60 bits per heavy atom. The number of anilines is 3. The number of hydrogen-bond donors (Lipinski definition) is 1. The Bertz CT molecular complexity index is 1520. The first-order valence-electron chi connectivity index (χ1n) is 15.0. The van der Waals surface area contributed by atoms with Gasteiger partial charge in [0.25, 0.3) is 5.56 Å². The Morgan fingerprint density at radius 2 is 1.86 bits per heavy atom. The van der Waals surface area contributed by atoms with Crippen molar-refractivity contribution in [1.82, 2.24) is 29.3 Å². The van der Waals surface area contributed by atoms with Crippen LogP contribution in [0.5, 0.6) is 5.75 Å². The predicted octanol–water partition coefficient (Wildman–Crippen LogP) is 3.70. The van der Waals surface area contributed by atoms with Crippen LogP contribution >= 0.6 is 0 Å². The van der Waals surface area contributed by atoms with Gasteiger partial charge >= 0.3 is 0 Å². The standard InChI is InChI=1S/C31H40N8O3/c1-4-27(40)38-13-12-23(20-38)39-29-25(33-28(30(39)41)21-8-6-5-7-9-21)19-32-31(35-29)34-24-11-10-22(18-26(24)42-3)37-16-14-36(2)15-17-37/h4,10-11,18-19,21,23H,1,5-9,12-17,20H2,2-3H3,(H,32,34,35). The molecule has 4 heterocycles. The summed E-state index contributed by atoms with van der Waals surface area (Å²) in [5.74, 6) is 1.05. The lowest BCUT2D eigenvalue weighted by Gasteiger charge is -2.34. The summed E-state index contributed by atoms with van der Waals surface area (Å²) in [5, 5.41) is 3.31. The van der Waals surface area contributed by atoms with E-state index in [0.717, 1.165) is 63.2 Å². The SMILES string of the molecule is C=CC(=O)N1CCC(n2c(=O)c(C3CCCCC3)nc3cnc(Nc4ccc(N5CCN(C)CC5)cc4OC)nc32)C1. The third-order valence-corrected chi connectivity index (χ3v) is 8.96. The fourth-order valence-electron chi connectivity index (χ4n) is 6.51. The Labute approximate surface area is 246 Å². The van der Waals surface area contributed by atoms with E-state index < -0.39 is 0 Å². The lowest BCUT2D eigenvalue weighted by Crippen LogP contribution is -2.44. The first-order valence-corrected chi connectivity index (χ1v) is 15.0. The minimum absolute atomic E-state index is 0.105.